The van der Waals surface area contributed by atoms with E-state index in [1.165, 1.54) is 12.8 Å². The van der Waals surface area contributed by atoms with E-state index in [9.17, 15) is 4.79 Å². The van der Waals surface area contributed by atoms with Crippen LogP contribution in [-0.2, 0) is 11.2 Å². The summed E-state index contributed by atoms with van der Waals surface area (Å²) in [7, 11) is 0. The topological polar surface area (TPSA) is 55.8 Å². The highest BCUT2D eigenvalue weighted by Crippen LogP contribution is 2.18. The number of carbonyl (C=O) groups is 1. The van der Waals surface area contributed by atoms with Crippen molar-refractivity contribution in [2.75, 3.05) is 13.2 Å². The van der Waals surface area contributed by atoms with Crippen molar-refractivity contribution in [1.82, 2.24) is 0 Å². The summed E-state index contributed by atoms with van der Waals surface area (Å²) in [5, 5.41) is 8.61. The Balaban J connectivity index is 2.34. The molecule has 1 N–H and O–H groups in total. The molecule has 100 valence electrons. The van der Waals surface area contributed by atoms with Gasteiger partial charge in [0.15, 0.2) is 0 Å². The number of hydrogen-bond acceptors (Lipinski definition) is 3. The number of benzene rings is 1. The maximum atomic E-state index is 10.5. The van der Waals surface area contributed by atoms with E-state index in [0.717, 1.165) is 18.6 Å². The molecule has 18 heavy (non-hydrogen) atoms. The second kappa shape index (κ2) is 8.53. The van der Waals surface area contributed by atoms with Gasteiger partial charge in [-0.1, -0.05) is 38.0 Å². The highest BCUT2D eigenvalue weighted by Gasteiger charge is 2.06. The molecule has 4 nitrogen and oxygen atoms in total. The molecule has 0 aliphatic rings. The molecule has 0 aliphatic heterocycles. The molecule has 1 aromatic rings. The fourth-order valence-corrected chi connectivity index (χ4v) is 1.64. The monoisotopic (exact) mass is 252 g/mol. The van der Waals surface area contributed by atoms with Crippen molar-refractivity contribution in [3.05, 3.63) is 29.8 Å². The van der Waals surface area contributed by atoms with Crippen LogP contribution in [0, 0.1) is 0 Å². The van der Waals surface area contributed by atoms with E-state index in [2.05, 4.69) is 6.92 Å². The van der Waals surface area contributed by atoms with E-state index < -0.39 is 6.16 Å². The van der Waals surface area contributed by atoms with Gasteiger partial charge >= 0.3 is 6.16 Å². The lowest BCUT2D eigenvalue weighted by atomic mass is 10.1. The molecule has 1 aromatic carbocycles. The zero-order valence-corrected chi connectivity index (χ0v) is 10.7. The van der Waals surface area contributed by atoms with Crippen LogP contribution in [-0.4, -0.2) is 24.5 Å². The number of hydrogen-bond donors (Lipinski definition) is 1. The van der Waals surface area contributed by atoms with Crippen LogP contribution in [0.15, 0.2) is 24.3 Å². The van der Waals surface area contributed by atoms with E-state index in [0.29, 0.717) is 18.8 Å². The molecule has 0 fully saturated rings. The van der Waals surface area contributed by atoms with E-state index in [1.807, 2.05) is 12.1 Å². The zero-order valence-electron chi connectivity index (χ0n) is 10.7. The van der Waals surface area contributed by atoms with Crippen LogP contribution in [0.1, 0.15) is 31.7 Å². The number of ether oxygens (including phenoxy) is 2. The number of carboxylic acid groups (broad SMARTS) is 1. The summed E-state index contributed by atoms with van der Waals surface area (Å²) in [5.74, 6) is 0.391. The van der Waals surface area contributed by atoms with Gasteiger partial charge in [-0.05, 0) is 24.5 Å². The van der Waals surface area contributed by atoms with E-state index in [1.54, 1.807) is 12.1 Å². The minimum absolute atomic E-state index is 0.391. The fourth-order valence-electron chi connectivity index (χ4n) is 1.64. The first kappa shape index (κ1) is 14.5. The van der Waals surface area contributed by atoms with Gasteiger partial charge in [0.05, 0.1) is 6.61 Å². The lowest BCUT2D eigenvalue weighted by molar-refractivity contribution is 0.130. The van der Waals surface area contributed by atoms with E-state index in [4.69, 9.17) is 14.6 Å². The Morgan fingerprint density at radius 3 is 2.72 bits per heavy atom. The van der Waals surface area contributed by atoms with Crippen LogP contribution in [0.5, 0.6) is 5.75 Å². The van der Waals surface area contributed by atoms with Crippen molar-refractivity contribution in [1.29, 1.82) is 0 Å². The van der Waals surface area contributed by atoms with Crippen molar-refractivity contribution in [3.8, 4) is 5.75 Å². The van der Waals surface area contributed by atoms with Gasteiger partial charge in [0.2, 0.25) is 0 Å². The Labute approximate surface area is 108 Å². The molecule has 4 heteroatoms. The Bertz CT molecular complexity index is 363. The predicted octanol–water partition coefficient (Wildman–Crippen LogP) is 3.49. The third-order valence-electron chi connectivity index (χ3n) is 2.58. The largest absolute Gasteiger partial charge is 0.511 e. The van der Waals surface area contributed by atoms with Gasteiger partial charge in [-0.15, -0.1) is 0 Å². The summed E-state index contributed by atoms with van der Waals surface area (Å²) < 4.78 is 10.2. The van der Waals surface area contributed by atoms with Crippen molar-refractivity contribution < 1.29 is 19.4 Å². The minimum Gasteiger partial charge on any atom is -0.449 e. The molecule has 0 aromatic heterocycles. The standard InChI is InChI=1S/C14H20O4/c1-2-3-6-10-17-11-9-12-7-4-5-8-13(12)18-14(15)16/h4-5,7-8H,2-3,6,9-11H2,1H3,(H,15,16). The van der Waals surface area contributed by atoms with Crippen LogP contribution in [0.2, 0.25) is 0 Å². The molecule has 0 unspecified atom stereocenters. The first-order valence-corrected chi connectivity index (χ1v) is 6.30. The molecule has 0 bridgehead atoms. The van der Waals surface area contributed by atoms with Gasteiger partial charge in [0.1, 0.15) is 5.75 Å². The van der Waals surface area contributed by atoms with Crippen molar-refractivity contribution in [2.24, 2.45) is 0 Å². The average Bonchev–Trinajstić information content (AvgIpc) is 2.35. The van der Waals surface area contributed by atoms with Crippen LogP contribution in [0.4, 0.5) is 4.79 Å². The zero-order chi connectivity index (χ0) is 13.2. The first-order valence-electron chi connectivity index (χ1n) is 6.30. The van der Waals surface area contributed by atoms with Gasteiger partial charge in [0, 0.05) is 6.61 Å². The molecule has 0 amide bonds. The molecular weight excluding hydrogens is 232 g/mol. The average molecular weight is 252 g/mol. The highest BCUT2D eigenvalue weighted by atomic mass is 16.7. The Hall–Kier alpha value is -1.55. The van der Waals surface area contributed by atoms with Crippen LogP contribution in [0.25, 0.3) is 0 Å². The summed E-state index contributed by atoms with van der Waals surface area (Å²) >= 11 is 0. The fraction of sp³-hybridized carbons (Fsp3) is 0.500. The van der Waals surface area contributed by atoms with E-state index in [-0.39, 0.29) is 0 Å². The van der Waals surface area contributed by atoms with Gasteiger partial charge in [-0.25, -0.2) is 4.79 Å². The molecule has 0 saturated carbocycles. The SMILES string of the molecule is CCCCCOCCc1ccccc1OC(=O)O. The normalized spacial score (nSPS) is 10.3. The molecule has 0 spiro atoms. The Morgan fingerprint density at radius 2 is 2.00 bits per heavy atom. The van der Waals surface area contributed by atoms with Crippen LogP contribution >= 0.6 is 0 Å². The maximum Gasteiger partial charge on any atom is 0.511 e. The second-order valence-electron chi connectivity index (χ2n) is 4.05. The minimum atomic E-state index is -1.29. The quantitative estimate of drug-likeness (QED) is 0.437. The summed E-state index contributed by atoms with van der Waals surface area (Å²) in [6, 6.07) is 7.12. The van der Waals surface area contributed by atoms with Crippen LogP contribution < -0.4 is 4.74 Å². The van der Waals surface area contributed by atoms with Crippen LogP contribution in [0.3, 0.4) is 0 Å². The highest BCUT2D eigenvalue weighted by molar-refractivity contribution is 5.62. The van der Waals surface area contributed by atoms with Crippen molar-refractivity contribution >= 4 is 6.16 Å². The summed E-state index contributed by atoms with van der Waals surface area (Å²) in [4.78, 5) is 10.5. The van der Waals surface area contributed by atoms with E-state index >= 15 is 0 Å². The number of para-hydroxylation sites is 1. The molecule has 0 heterocycles. The van der Waals surface area contributed by atoms with Crippen molar-refractivity contribution in [3.63, 3.8) is 0 Å². The molecule has 0 saturated heterocycles. The van der Waals surface area contributed by atoms with Crippen molar-refractivity contribution in [2.45, 2.75) is 32.6 Å². The third-order valence-corrected chi connectivity index (χ3v) is 2.58. The smallest absolute Gasteiger partial charge is 0.449 e. The van der Waals surface area contributed by atoms with Gasteiger partial charge < -0.3 is 14.6 Å². The summed E-state index contributed by atoms with van der Waals surface area (Å²) in [5.41, 5.74) is 0.857. The van der Waals surface area contributed by atoms with Gasteiger partial charge in [-0.2, -0.15) is 0 Å². The van der Waals surface area contributed by atoms with Gasteiger partial charge in [0.25, 0.3) is 0 Å². The molecule has 1 rings (SSSR count). The Morgan fingerprint density at radius 1 is 1.22 bits per heavy atom. The third kappa shape index (κ3) is 5.68. The molecular formula is C14H20O4. The Kier molecular flexibility index (Phi) is 6.87. The predicted molar refractivity (Wildman–Crippen MR) is 69.1 cm³/mol. The molecule has 0 aliphatic carbocycles. The number of rotatable bonds is 8. The first-order chi connectivity index (χ1) is 8.74. The maximum absolute atomic E-state index is 10.5. The lowest BCUT2D eigenvalue weighted by Gasteiger charge is -2.08. The summed E-state index contributed by atoms with van der Waals surface area (Å²) in [6.07, 6.45) is 2.81. The number of unbranched alkanes of at least 4 members (excludes halogenated alkanes) is 2. The molecule has 0 radical (unpaired) electrons. The summed E-state index contributed by atoms with van der Waals surface area (Å²) in [6.45, 7) is 3.50. The van der Waals surface area contributed by atoms with Gasteiger partial charge in [-0.3, -0.25) is 0 Å². The second-order valence-corrected chi connectivity index (χ2v) is 4.05. The molecule has 0 atom stereocenters. The lowest BCUT2D eigenvalue weighted by Crippen LogP contribution is -2.07.